The van der Waals surface area contributed by atoms with Gasteiger partial charge in [-0.3, -0.25) is 0 Å². The van der Waals surface area contributed by atoms with Crippen LogP contribution < -0.4 is 9.47 Å². The van der Waals surface area contributed by atoms with Gasteiger partial charge in [-0.1, -0.05) is 95.2 Å². The van der Waals surface area contributed by atoms with Crippen molar-refractivity contribution in [2.45, 2.75) is 79.8 Å². The van der Waals surface area contributed by atoms with Crippen LogP contribution in [0.4, 0.5) is 0 Å². The molecule has 0 atom stereocenters. The minimum Gasteiger partial charge on any atom is -0.493 e. The molecule has 0 aliphatic carbocycles. The molecule has 2 aromatic heterocycles. The van der Waals surface area contributed by atoms with Crippen molar-refractivity contribution < 1.29 is 46.9 Å². The molecule has 0 aliphatic heterocycles. The second-order valence-electron chi connectivity index (χ2n) is 17.3. The van der Waals surface area contributed by atoms with E-state index < -0.39 is 0 Å². The normalized spacial score (nSPS) is 11.4. The lowest BCUT2D eigenvalue weighted by molar-refractivity contribution is 0.00578. The van der Waals surface area contributed by atoms with Gasteiger partial charge >= 0.3 is 0 Å². The van der Waals surface area contributed by atoms with Gasteiger partial charge in [-0.2, -0.15) is 0 Å². The molecule has 12 nitrogen and oxygen atoms in total. The van der Waals surface area contributed by atoms with Crippen molar-refractivity contribution in [3.05, 3.63) is 178 Å². The number of benzene rings is 5. The third kappa shape index (κ3) is 17.1. The first kappa shape index (κ1) is 51.7. The maximum Gasteiger partial charge on any atom is 0.137 e. The summed E-state index contributed by atoms with van der Waals surface area (Å²) < 4.78 is 57.8. The molecule has 0 radical (unpaired) electrons. The molecule has 12 heteroatoms. The molecule has 0 amide bonds. The molecule has 0 spiro atoms. The largest absolute Gasteiger partial charge is 0.493 e. The Balaban J connectivity index is 0.633. The third-order valence-electron chi connectivity index (χ3n) is 11.5. The summed E-state index contributed by atoms with van der Waals surface area (Å²) in [5.41, 5.74) is 13.1. The fourth-order valence-electron chi connectivity index (χ4n) is 8.02. The molecule has 370 valence electrons. The van der Waals surface area contributed by atoms with Crippen molar-refractivity contribution in [1.29, 1.82) is 0 Å². The Morgan fingerprint density at radius 2 is 0.700 bits per heavy atom. The van der Waals surface area contributed by atoms with Crippen molar-refractivity contribution in [1.82, 2.24) is 10.3 Å². The van der Waals surface area contributed by atoms with Gasteiger partial charge < -0.3 is 46.9 Å². The zero-order valence-electron chi connectivity index (χ0n) is 41.3. The minimum absolute atomic E-state index is 0.371. The van der Waals surface area contributed by atoms with E-state index in [2.05, 4.69) is 135 Å². The van der Waals surface area contributed by atoms with Gasteiger partial charge in [0.15, 0.2) is 0 Å². The highest BCUT2D eigenvalue weighted by Crippen LogP contribution is 2.32. The number of hydrogen-bond donors (Lipinski definition) is 0. The molecule has 2 heterocycles. The van der Waals surface area contributed by atoms with Crippen LogP contribution in [0.15, 0.2) is 130 Å². The summed E-state index contributed by atoms with van der Waals surface area (Å²) in [4.78, 5) is 0. The van der Waals surface area contributed by atoms with Crippen LogP contribution in [0.2, 0.25) is 0 Å². The van der Waals surface area contributed by atoms with Gasteiger partial charge in [0.05, 0.1) is 92.5 Å². The molecule has 0 aliphatic rings. The molecule has 0 bridgehead atoms. The van der Waals surface area contributed by atoms with Crippen LogP contribution in [0.25, 0.3) is 22.3 Å². The molecule has 7 rings (SSSR count). The van der Waals surface area contributed by atoms with E-state index in [0.717, 1.165) is 93.5 Å². The second-order valence-corrected chi connectivity index (χ2v) is 17.3. The SMILES string of the molecule is Cc1cc(-c2ccccc2)cc(C)c1OCCCc1cc(COCCOCCOCc2ccc(COCCOCCOCc3cc(CCCOc4c(C)cc(-c5ccccc5)cc4C)on3)cc2)no1. The summed E-state index contributed by atoms with van der Waals surface area (Å²) in [6, 6.07) is 41.7. The van der Waals surface area contributed by atoms with Crippen LogP contribution >= 0.6 is 0 Å². The summed E-state index contributed by atoms with van der Waals surface area (Å²) in [5, 5.41) is 8.30. The van der Waals surface area contributed by atoms with E-state index in [-0.39, 0.29) is 0 Å². The van der Waals surface area contributed by atoms with Gasteiger partial charge in [0.1, 0.15) is 34.4 Å². The molecular formula is C58H68N2O10. The Bertz CT molecular complexity index is 2350. The summed E-state index contributed by atoms with van der Waals surface area (Å²) in [6.07, 6.45) is 3.12. The lowest BCUT2D eigenvalue weighted by Crippen LogP contribution is -2.10. The molecule has 0 saturated heterocycles. The number of ether oxygens (including phenoxy) is 8. The average molecular weight is 953 g/mol. The van der Waals surface area contributed by atoms with Gasteiger partial charge in [0.2, 0.25) is 0 Å². The Labute approximate surface area is 413 Å². The fourth-order valence-corrected chi connectivity index (χ4v) is 8.02. The number of aryl methyl sites for hydroxylation is 6. The van der Waals surface area contributed by atoms with Gasteiger partial charge in [0.25, 0.3) is 0 Å². The minimum atomic E-state index is 0.371. The summed E-state index contributed by atoms with van der Waals surface area (Å²) in [7, 11) is 0. The standard InChI is InChI=1S/C58H68N2O10/c1-43-33-51(49-13-7-5-8-14-49)34-44(2)57(43)67-23-11-17-55-37-53(59-69-55)41-65-31-27-61-25-29-63-39-47-19-21-48(22-20-47)40-64-30-26-62-28-32-66-42-54-38-56(70-60-54)18-12-24-68-58-45(3)35-52(36-46(58)4)50-15-9-6-10-16-50/h5-10,13-16,19-22,33-38H,11-12,17-18,23-32,39-42H2,1-4H3. The predicted molar refractivity (Wildman–Crippen MR) is 270 cm³/mol. The maximum atomic E-state index is 6.17. The monoisotopic (exact) mass is 952 g/mol. The van der Waals surface area contributed by atoms with Crippen LogP contribution in [0.1, 0.15) is 69.1 Å². The second kappa shape index (κ2) is 28.5. The number of nitrogens with zero attached hydrogens (tertiary/aromatic N) is 2. The van der Waals surface area contributed by atoms with Crippen molar-refractivity contribution in [3.8, 4) is 33.8 Å². The van der Waals surface area contributed by atoms with Crippen LogP contribution in [0, 0.1) is 27.7 Å². The molecule has 0 N–H and O–H groups in total. The van der Waals surface area contributed by atoms with Gasteiger partial charge in [-0.05, 0) is 120 Å². The average Bonchev–Trinajstić information content (AvgIpc) is 4.04. The molecule has 5 aromatic carbocycles. The number of rotatable bonds is 32. The summed E-state index contributed by atoms with van der Waals surface area (Å²) in [6.45, 7) is 15.2. The fraction of sp³-hybridized carbons (Fsp3) is 0.379. The Morgan fingerprint density at radius 3 is 1.07 bits per heavy atom. The first-order valence-corrected chi connectivity index (χ1v) is 24.4. The molecule has 0 unspecified atom stereocenters. The third-order valence-corrected chi connectivity index (χ3v) is 11.5. The van der Waals surface area contributed by atoms with Gasteiger partial charge in [-0.25, -0.2) is 0 Å². The summed E-state index contributed by atoms with van der Waals surface area (Å²) in [5.74, 6) is 3.54. The van der Waals surface area contributed by atoms with E-state index in [1.165, 1.54) is 22.3 Å². The topological polar surface area (TPSA) is 126 Å². The van der Waals surface area contributed by atoms with E-state index in [0.29, 0.717) is 92.5 Å². The quantitative estimate of drug-likeness (QED) is 0.0373. The number of hydrogen-bond acceptors (Lipinski definition) is 12. The van der Waals surface area contributed by atoms with E-state index in [9.17, 15) is 0 Å². The smallest absolute Gasteiger partial charge is 0.137 e. The van der Waals surface area contributed by atoms with Crippen LogP contribution in [0.3, 0.4) is 0 Å². The maximum absolute atomic E-state index is 6.17. The zero-order chi connectivity index (χ0) is 48.6. The predicted octanol–water partition coefficient (Wildman–Crippen LogP) is 11.8. The van der Waals surface area contributed by atoms with Crippen molar-refractivity contribution in [3.63, 3.8) is 0 Å². The van der Waals surface area contributed by atoms with E-state index >= 15 is 0 Å². The number of aromatic nitrogens is 2. The molecular weight excluding hydrogens is 885 g/mol. The lowest BCUT2D eigenvalue weighted by Gasteiger charge is -2.14. The zero-order valence-corrected chi connectivity index (χ0v) is 41.3. The molecule has 0 fully saturated rings. The van der Waals surface area contributed by atoms with E-state index in [1.807, 2.05) is 24.3 Å². The van der Waals surface area contributed by atoms with Gasteiger partial charge in [-0.15, -0.1) is 0 Å². The molecule has 70 heavy (non-hydrogen) atoms. The highest BCUT2D eigenvalue weighted by atomic mass is 16.6. The molecule has 0 saturated carbocycles. The van der Waals surface area contributed by atoms with E-state index in [4.69, 9.17) is 46.9 Å². The van der Waals surface area contributed by atoms with Crippen molar-refractivity contribution in [2.75, 3.05) is 66.1 Å². The highest BCUT2D eigenvalue weighted by molar-refractivity contribution is 5.68. The van der Waals surface area contributed by atoms with Crippen molar-refractivity contribution in [2.24, 2.45) is 0 Å². The van der Waals surface area contributed by atoms with Crippen LogP contribution in [-0.2, 0) is 67.7 Å². The Kier molecular flexibility index (Phi) is 21.1. The van der Waals surface area contributed by atoms with Gasteiger partial charge in [0, 0.05) is 25.0 Å². The first-order valence-electron chi connectivity index (χ1n) is 24.4. The molecule has 7 aromatic rings. The van der Waals surface area contributed by atoms with Crippen LogP contribution in [-0.4, -0.2) is 76.4 Å². The Morgan fingerprint density at radius 1 is 0.357 bits per heavy atom. The lowest BCUT2D eigenvalue weighted by atomic mass is 10.00. The summed E-state index contributed by atoms with van der Waals surface area (Å²) >= 11 is 0. The van der Waals surface area contributed by atoms with Crippen LogP contribution in [0.5, 0.6) is 11.5 Å². The first-order chi connectivity index (χ1) is 34.4. The van der Waals surface area contributed by atoms with E-state index in [1.54, 1.807) is 0 Å². The highest BCUT2D eigenvalue weighted by Gasteiger charge is 2.12. The Hall–Kier alpha value is -6.12. The van der Waals surface area contributed by atoms with Crippen molar-refractivity contribution >= 4 is 0 Å².